The SMILES string of the molecule is OC1CCCCC1CNC1=NCCCC1. The minimum Gasteiger partial charge on any atom is -0.393 e. The summed E-state index contributed by atoms with van der Waals surface area (Å²) < 4.78 is 0. The molecule has 1 saturated carbocycles. The first kappa shape index (κ1) is 10.9. The van der Waals surface area contributed by atoms with Crippen LogP contribution in [-0.2, 0) is 0 Å². The predicted octanol–water partition coefficient (Wildman–Crippen LogP) is 1.71. The fourth-order valence-electron chi connectivity index (χ4n) is 2.52. The molecule has 0 spiro atoms. The van der Waals surface area contributed by atoms with Crippen molar-refractivity contribution in [2.75, 3.05) is 13.1 Å². The van der Waals surface area contributed by atoms with E-state index in [0.717, 1.165) is 25.9 Å². The van der Waals surface area contributed by atoms with Crippen molar-refractivity contribution >= 4 is 5.84 Å². The van der Waals surface area contributed by atoms with Gasteiger partial charge < -0.3 is 10.4 Å². The summed E-state index contributed by atoms with van der Waals surface area (Å²) in [6.45, 7) is 1.90. The lowest BCUT2D eigenvalue weighted by Crippen LogP contribution is -2.37. The maximum Gasteiger partial charge on any atom is 0.0963 e. The lowest BCUT2D eigenvalue weighted by Gasteiger charge is -2.28. The van der Waals surface area contributed by atoms with Crippen LogP contribution in [0.5, 0.6) is 0 Å². The Labute approximate surface area is 92.0 Å². The van der Waals surface area contributed by atoms with E-state index in [4.69, 9.17) is 0 Å². The third kappa shape index (κ3) is 3.20. The highest BCUT2D eigenvalue weighted by Gasteiger charge is 2.22. The summed E-state index contributed by atoms with van der Waals surface area (Å²) in [5.74, 6) is 1.61. The van der Waals surface area contributed by atoms with Gasteiger partial charge in [0.2, 0.25) is 0 Å². The molecule has 15 heavy (non-hydrogen) atoms. The second kappa shape index (κ2) is 5.50. The molecule has 0 aromatic carbocycles. The van der Waals surface area contributed by atoms with Crippen LogP contribution in [0.15, 0.2) is 4.99 Å². The maximum absolute atomic E-state index is 9.82. The Morgan fingerprint density at radius 1 is 1.20 bits per heavy atom. The molecule has 2 unspecified atom stereocenters. The zero-order valence-corrected chi connectivity index (χ0v) is 9.41. The fraction of sp³-hybridized carbons (Fsp3) is 0.917. The fourth-order valence-corrected chi connectivity index (χ4v) is 2.52. The highest BCUT2D eigenvalue weighted by Crippen LogP contribution is 2.23. The zero-order chi connectivity index (χ0) is 10.5. The van der Waals surface area contributed by atoms with Crippen molar-refractivity contribution in [3.63, 3.8) is 0 Å². The summed E-state index contributed by atoms with van der Waals surface area (Å²) in [7, 11) is 0. The molecule has 0 aromatic heterocycles. The summed E-state index contributed by atoms with van der Waals surface area (Å²) in [5.41, 5.74) is 0. The van der Waals surface area contributed by atoms with Crippen LogP contribution in [-0.4, -0.2) is 30.1 Å². The van der Waals surface area contributed by atoms with Gasteiger partial charge in [0.05, 0.1) is 11.9 Å². The summed E-state index contributed by atoms with van der Waals surface area (Å²) in [6.07, 6.45) is 8.13. The molecule has 86 valence electrons. The molecular weight excluding hydrogens is 188 g/mol. The molecule has 1 fully saturated rings. The molecule has 0 amide bonds. The Balaban J connectivity index is 1.74. The van der Waals surface area contributed by atoms with E-state index in [1.54, 1.807) is 0 Å². The minimum atomic E-state index is -0.0876. The molecule has 2 atom stereocenters. The van der Waals surface area contributed by atoms with Crippen LogP contribution in [0.4, 0.5) is 0 Å². The van der Waals surface area contributed by atoms with Crippen molar-refractivity contribution in [3.8, 4) is 0 Å². The number of aliphatic imine (C=N–C) groups is 1. The summed E-state index contributed by atoms with van der Waals surface area (Å²) >= 11 is 0. The van der Waals surface area contributed by atoms with Gasteiger partial charge in [-0.3, -0.25) is 4.99 Å². The summed E-state index contributed by atoms with van der Waals surface area (Å²) in [4.78, 5) is 4.46. The number of nitrogens with one attached hydrogen (secondary N) is 1. The average Bonchev–Trinajstić information content (AvgIpc) is 2.29. The second-order valence-electron chi connectivity index (χ2n) is 4.78. The molecule has 0 saturated heterocycles. The van der Waals surface area contributed by atoms with E-state index in [1.165, 1.54) is 37.9 Å². The van der Waals surface area contributed by atoms with Gasteiger partial charge in [0.1, 0.15) is 0 Å². The van der Waals surface area contributed by atoms with Crippen LogP contribution in [0.1, 0.15) is 44.9 Å². The van der Waals surface area contributed by atoms with Gasteiger partial charge in [0.15, 0.2) is 0 Å². The van der Waals surface area contributed by atoms with Crippen LogP contribution >= 0.6 is 0 Å². The van der Waals surface area contributed by atoms with E-state index in [9.17, 15) is 5.11 Å². The number of hydrogen-bond donors (Lipinski definition) is 2. The van der Waals surface area contributed by atoms with Gasteiger partial charge in [0.25, 0.3) is 0 Å². The van der Waals surface area contributed by atoms with Crippen LogP contribution in [0.2, 0.25) is 0 Å². The molecule has 2 rings (SSSR count). The molecule has 1 aliphatic carbocycles. The normalized spacial score (nSPS) is 32.2. The van der Waals surface area contributed by atoms with E-state index in [-0.39, 0.29) is 6.10 Å². The maximum atomic E-state index is 9.82. The molecule has 2 aliphatic rings. The van der Waals surface area contributed by atoms with E-state index in [1.807, 2.05) is 0 Å². The molecule has 0 aromatic rings. The number of aliphatic hydroxyl groups excluding tert-OH is 1. The van der Waals surface area contributed by atoms with Gasteiger partial charge in [0, 0.05) is 25.4 Å². The quantitative estimate of drug-likeness (QED) is 0.728. The molecular formula is C12H22N2O. The highest BCUT2D eigenvalue weighted by molar-refractivity contribution is 5.82. The van der Waals surface area contributed by atoms with Crippen molar-refractivity contribution in [1.29, 1.82) is 0 Å². The molecule has 3 heteroatoms. The van der Waals surface area contributed by atoms with Crippen molar-refractivity contribution in [3.05, 3.63) is 0 Å². The number of rotatable bonds is 2. The van der Waals surface area contributed by atoms with E-state index in [0.29, 0.717) is 5.92 Å². The number of hydrogen-bond acceptors (Lipinski definition) is 3. The largest absolute Gasteiger partial charge is 0.393 e. The number of nitrogens with zero attached hydrogens (tertiary/aromatic N) is 1. The first-order valence-electron chi connectivity index (χ1n) is 6.31. The van der Waals surface area contributed by atoms with Crippen molar-refractivity contribution in [1.82, 2.24) is 5.32 Å². The van der Waals surface area contributed by atoms with Crippen LogP contribution < -0.4 is 5.32 Å². The standard InChI is InChI=1S/C12H22N2O/c15-11-6-2-1-5-10(11)9-14-12-7-3-4-8-13-12/h10-11,15H,1-9H2,(H,13,14). The van der Waals surface area contributed by atoms with Gasteiger partial charge in [-0.15, -0.1) is 0 Å². The third-order valence-electron chi connectivity index (χ3n) is 3.56. The Hall–Kier alpha value is -0.570. The highest BCUT2D eigenvalue weighted by atomic mass is 16.3. The van der Waals surface area contributed by atoms with E-state index in [2.05, 4.69) is 10.3 Å². The van der Waals surface area contributed by atoms with Gasteiger partial charge in [-0.25, -0.2) is 0 Å². The number of aliphatic hydroxyl groups is 1. The van der Waals surface area contributed by atoms with Crippen LogP contribution in [0.25, 0.3) is 0 Å². The topological polar surface area (TPSA) is 44.6 Å². The minimum absolute atomic E-state index is 0.0876. The molecule has 3 nitrogen and oxygen atoms in total. The van der Waals surface area contributed by atoms with E-state index >= 15 is 0 Å². The Kier molecular flexibility index (Phi) is 4.01. The van der Waals surface area contributed by atoms with Gasteiger partial charge >= 0.3 is 0 Å². The lowest BCUT2D eigenvalue weighted by molar-refractivity contribution is 0.0719. The Morgan fingerprint density at radius 2 is 2.07 bits per heavy atom. The monoisotopic (exact) mass is 210 g/mol. The van der Waals surface area contributed by atoms with E-state index < -0.39 is 0 Å². The Morgan fingerprint density at radius 3 is 2.80 bits per heavy atom. The lowest BCUT2D eigenvalue weighted by atomic mass is 9.86. The molecule has 0 radical (unpaired) electrons. The second-order valence-corrected chi connectivity index (χ2v) is 4.78. The van der Waals surface area contributed by atoms with Crippen molar-refractivity contribution in [2.45, 2.75) is 51.0 Å². The van der Waals surface area contributed by atoms with Gasteiger partial charge in [-0.05, 0) is 25.7 Å². The van der Waals surface area contributed by atoms with Crippen molar-refractivity contribution in [2.24, 2.45) is 10.9 Å². The smallest absolute Gasteiger partial charge is 0.0963 e. The zero-order valence-electron chi connectivity index (χ0n) is 9.41. The third-order valence-corrected chi connectivity index (χ3v) is 3.56. The summed E-state index contributed by atoms with van der Waals surface area (Å²) in [6, 6.07) is 0. The molecule has 1 heterocycles. The summed E-state index contributed by atoms with van der Waals surface area (Å²) in [5, 5.41) is 13.2. The van der Waals surface area contributed by atoms with Crippen LogP contribution in [0, 0.1) is 5.92 Å². The predicted molar refractivity (Wildman–Crippen MR) is 62.1 cm³/mol. The van der Waals surface area contributed by atoms with Gasteiger partial charge in [-0.2, -0.15) is 0 Å². The van der Waals surface area contributed by atoms with Crippen molar-refractivity contribution < 1.29 is 5.11 Å². The first-order valence-corrected chi connectivity index (χ1v) is 6.31. The Bertz CT molecular complexity index is 228. The molecule has 2 N–H and O–H groups in total. The molecule has 1 aliphatic heterocycles. The van der Waals surface area contributed by atoms with Gasteiger partial charge in [-0.1, -0.05) is 12.8 Å². The first-order chi connectivity index (χ1) is 7.36. The number of amidine groups is 1. The van der Waals surface area contributed by atoms with Crippen LogP contribution in [0.3, 0.4) is 0 Å². The molecule has 0 bridgehead atoms. The average molecular weight is 210 g/mol.